The van der Waals surface area contributed by atoms with Gasteiger partial charge in [-0.05, 0) is 18.9 Å². The van der Waals surface area contributed by atoms with Crippen molar-refractivity contribution < 1.29 is 36.2 Å². The van der Waals surface area contributed by atoms with Crippen LogP contribution in [0, 0.1) is 0 Å². The molecule has 1 aromatic carbocycles. The minimum Gasteiger partial charge on any atom is -0.422 e. The number of piperazine rings is 1. The lowest BCUT2D eigenvalue weighted by Crippen LogP contribution is -2.51. The number of aromatic nitrogens is 2. The first-order valence-electron chi connectivity index (χ1n) is 9.80. The molecule has 0 aliphatic carbocycles. The number of halogens is 5. The maximum atomic E-state index is 13.3. The van der Waals surface area contributed by atoms with Gasteiger partial charge in [0.2, 0.25) is 0 Å². The fourth-order valence-electron chi connectivity index (χ4n) is 4.25. The Morgan fingerprint density at radius 3 is 2.56 bits per heavy atom. The number of ether oxygens (including phenoxy) is 1. The molecular weight excluding hydrogens is 459 g/mol. The van der Waals surface area contributed by atoms with E-state index in [0.717, 1.165) is 30.2 Å². The average Bonchev–Trinajstić information content (AvgIpc) is 3.46. The Kier molecular flexibility index (Phi) is 5.21. The topological polar surface area (TPSA) is 83.7 Å². The van der Waals surface area contributed by atoms with Gasteiger partial charge in [-0.25, -0.2) is 13.8 Å². The summed E-state index contributed by atoms with van der Waals surface area (Å²) in [4.78, 5) is 10.1. The van der Waals surface area contributed by atoms with Crippen molar-refractivity contribution in [1.29, 1.82) is 0 Å². The highest BCUT2D eigenvalue weighted by Gasteiger charge is 2.39. The van der Waals surface area contributed by atoms with E-state index in [9.17, 15) is 27.1 Å². The van der Waals surface area contributed by atoms with Gasteiger partial charge in [-0.1, -0.05) is 0 Å². The van der Waals surface area contributed by atoms with Gasteiger partial charge >= 0.3 is 6.36 Å². The van der Waals surface area contributed by atoms with E-state index in [1.165, 1.54) is 6.20 Å². The van der Waals surface area contributed by atoms with Gasteiger partial charge in [0.05, 0.1) is 5.56 Å². The van der Waals surface area contributed by atoms with Crippen LogP contribution >= 0.6 is 11.3 Å². The summed E-state index contributed by atoms with van der Waals surface area (Å²) in [6, 6.07) is 1.45. The van der Waals surface area contributed by atoms with Gasteiger partial charge in [0.25, 0.3) is 12.4 Å². The molecule has 172 valence electrons. The fourth-order valence-corrected chi connectivity index (χ4v) is 4.90. The number of oxazole rings is 1. The minimum absolute atomic E-state index is 0.0620. The maximum absolute atomic E-state index is 13.3. The van der Waals surface area contributed by atoms with Gasteiger partial charge in [-0.2, -0.15) is 4.98 Å². The predicted molar refractivity (Wildman–Crippen MR) is 105 cm³/mol. The van der Waals surface area contributed by atoms with Crippen LogP contribution in [0.2, 0.25) is 0 Å². The van der Waals surface area contributed by atoms with Crippen LogP contribution in [0.4, 0.5) is 28.0 Å². The van der Waals surface area contributed by atoms with E-state index in [1.54, 1.807) is 5.38 Å². The van der Waals surface area contributed by atoms with E-state index in [2.05, 4.69) is 20.0 Å². The summed E-state index contributed by atoms with van der Waals surface area (Å²) in [5.74, 6) is -1.01. The Labute approximate surface area is 181 Å². The third kappa shape index (κ3) is 3.88. The second kappa shape index (κ2) is 7.81. The Hall–Kier alpha value is -2.51. The normalized spacial score (nSPS) is 22.2. The fraction of sp³-hybridized carbons (Fsp3) is 0.474. The first-order chi connectivity index (χ1) is 15.2. The average molecular weight is 476 g/mol. The van der Waals surface area contributed by atoms with Crippen molar-refractivity contribution in [3.05, 3.63) is 23.2 Å². The van der Waals surface area contributed by atoms with Crippen LogP contribution in [0.3, 0.4) is 0 Å². The molecule has 5 rings (SSSR count). The smallest absolute Gasteiger partial charge is 0.422 e. The Morgan fingerprint density at radius 1 is 1.25 bits per heavy atom. The standard InChI is InChI=1S/C19H17F5N4O3S/c20-16(21)13(29)10-5-11(17-25-3-4-32-17)14-12(15(10)31-19(22,23)24)27-18(30-14)28-6-8-1-2-9(7-28)26-8/h3-5,8-9,13,16,26,29H,1-2,6-7H2. The zero-order valence-corrected chi connectivity index (χ0v) is 17.1. The number of benzene rings is 1. The van der Waals surface area contributed by atoms with Gasteiger partial charge in [-0.15, -0.1) is 24.5 Å². The molecule has 4 heterocycles. The number of alkyl halides is 5. The number of hydrogen-bond donors (Lipinski definition) is 2. The summed E-state index contributed by atoms with van der Waals surface area (Å²) in [6.07, 6.45) is -7.69. The Bertz CT molecular complexity index is 1110. The number of rotatable bonds is 5. The number of nitrogens with zero attached hydrogens (tertiary/aromatic N) is 3. The van der Waals surface area contributed by atoms with E-state index in [4.69, 9.17) is 4.42 Å². The predicted octanol–water partition coefficient (Wildman–Crippen LogP) is 4.09. The number of aliphatic hydroxyl groups excluding tert-OH is 1. The van der Waals surface area contributed by atoms with Gasteiger partial charge in [0, 0.05) is 42.3 Å². The summed E-state index contributed by atoms with van der Waals surface area (Å²) in [7, 11) is 0. The van der Waals surface area contributed by atoms with Crippen LogP contribution < -0.4 is 15.0 Å². The van der Waals surface area contributed by atoms with E-state index in [-0.39, 0.29) is 29.2 Å². The number of nitrogens with one attached hydrogen (secondary N) is 1. The minimum atomic E-state index is -5.19. The molecule has 2 aliphatic rings. The highest BCUT2D eigenvalue weighted by Crippen LogP contribution is 2.45. The largest absolute Gasteiger partial charge is 0.573 e. The number of hydrogen-bond acceptors (Lipinski definition) is 8. The molecule has 2 N–H and O–H groups in total. The van der Waals surface area contributed by atoms with E-state index in [1.807, 2.05) is 4.90 Å². The molecule has 2 fully saturated rings. The lowest BCUT2D eigenvalue weighted by molar-refractivity contribution is -0.274. The summed E-state index contributed by atoms with van der Waals surface area (Å²) in [6.45, 7) is 1.08. The monoisotopic (exact) mass is 476 g/mol. The third-order valence-corrected chi connectivity index (χ3v) is 6.37. The van der Waals surface area contributed by atoms with Gasteiger partial charge in [0.15, 0.2) is 16.8 Å². The summed E-state index contributed by atoms with van der Waals surface area (Å²) >= 11 is 1.14. The quantitative estimate of drug-likeness (QED) is 0.537. The molecule has 3 atom stereocenters. The molecular formula is C19H17F5N4O3S. The SMILES string of the molecule is OC(c1cc(-c2nccs2)c2oc(N3CC4CCC(C3)N4)nc2c1OC(F)(F)F)C(F)F. The molecule has 32 heavy (non-hydrogen) atoms. The Balaban J connectivity index is 1.71. The molecule has 0 amide bonds. The second-order valence-electron chi connectivity index (χ2n) is 7.72. The second-order valence-corrected chi connectivity index (χ2v) is 8.62. The van der Waals surface area contributed by atoms with E-state index < -0.39 is 35.7 Å². The molecule has 3 unspecified atom stereocenters. The molecule has 0 spiro atoms. The van der Waals surface area contributed by atoms with Crippen LogP contribution in [0.25, 0.3) is 21.7 Å². The number of aliphatic hydroxyl groups is 1. The first-order valence-corrected chi connectivity index (χ1v) is 10.7. The van der Waals surface area contributed by atoms with Crippen LogP contribution in [0.1, 0.15) is 24.5 Å². The zero-order valence-electron chi connectivity index (χ0n) is 16.3. The van der Waals surface area contributed by atoms with Crippen LogP contribution in [-0.4, -0.2) is 53.0 Å². The van der Waals surface area contributed by atoms with Crippen LogP contribution in [-0.2, 0) is 0 Å². The highest BCUT2D eigenvalue weighted by molar-refractivity contribution is 7.13. The zero-order chi connectivity index (χ0) is 22.6. The van der Waals surface area contributed by atoms with Gasteiger partial charge < -0.3 is 24.5 Å². The molecule has 13 heteroatoms. The van der Waals surface area contributed by atoms with Crippen molar-refractivity contribution in [3.63, 3.8) is 0 Å². The molecule has 3 aromatic rings. The van der Waals surface area contributed by atoms with Gasteiger partial charge in [-0.3, -0.25) is 0 Å². The third-order valence-electron chi connectivity index (χ3n) is 5.56. The first kappa shape index (κ1) is 21.3. The number of fused-ring (bicyclic) bond motifs is 3. The number of thiazole rings is 1. The van der Waals surface area contributed by atoms with Crippen molar-refractivity contribution >= 4 is 28.5 Å². The van der Waals surface area contributed by atoms with Gasteiger partial charge in [0.1, 0.15) is 11.1 Å². The van der Waals surface area contributed by atoms with Crippen molar-refractivity contribution in [2.75, 3.05) is 18.0 Å². The molecule has 0 saturated carbocycles. The van der Waals surface area contributed by atoms with Crippen molar-refractivity contribution in [3.8, 4) is 16.3 Å². The lowest BCUT2D eigenvalue weighted by atomic mass is 10.0. The molecule has 2 aromatic heterocycles. The molecule has 2 aliphatic heterocycles. The van der Waals surface area contributed by atoms with E-state index in [0.29, 0.717) is 18.1 Å². The maximum Gasteiger partial charge on any atom is 0.573 e. The molecule has 2 saturated heterocycles. The van der Waals surface area contributed by atoms with Crippen LogP contribution in [0.15, 0.2) is 22.1 Å². The molecule has 0 radical (unpaired) electrons. The number of anilines is 1. The Morgan fingerprint density at radius 2 is 1.97 bits per heavy atom. The lowest BCUT2D eigenvalue weighted by Gasteiger charge is -2.31. The summed E-state index contributed by atoms with van der Waals surface area (Å²) in [5.41, 5.74) is -1.07. The highest BCUT2D eigenvalue weighted by atomic mass is 32.1. The van der Waals surface area contributed by atoms with Crippen molar-refractivity contribution in [1.82, 2.24) is 15.3 Å². The van der Waals surface area contributed by atoms with E-state index >= 15 is 0 Å². The van der Waals surface area contributed by atoms with Crippen molar-refractivity contribution in [2.24, 2.45) is 0 Å². The molecule has 2 bridgehead atoms. The van der Waals surface area contributed by atoms with Crippen LogP contribution in [0.5, 0.6) is 5.75 Å². The molecule has 7 nitrogen and oxygen atoms in total. The van der Waals surface area contributed by atoms with Crippen molar-refractivity contribution in [2.45, 2.75) is 43.8 Å². The summed E-state index contributed by atoms with van der Waals surface area (Å²) in [5, 5.41) is 15.4. The summed E-state index contributed by atoms with van der Waals surface area (Å²) < 4.78 is 76.2.